The first-order valence-electron chi connectivity index (χ1n) is 10.2. The molecule has 0 amide bonds. The zero-order chi connectivity index (χ0) is 22.3. The van der Waals surface area contributed by atoms with Gasteiger partial charge in [-0.3, -0.25) is 4.68 Å². The number of hydrogen-bond donors (Lipinski definition) is 2. The summed E-state index contributed by atoms with van der Waals surface area (Å²) in [6, 6.07) is 7.51. The summed E-state index contributed by atoms with van der Waals surface area (Å²) in [4.78, 5) is 6.85. The average Bonchev–Trinajstić information content (AvgIpc) is 3.06. The molecule has 9 heteroatoms. The third-order valence-corrected chi connectivity index (χ3v) is 6.03. The van der Waals surface area contributed by atoms with Gasteiger partial charge in [0.25, 0.3) is 0 Å². The van der Waals surface area contributed by atoms with Crippen molar-refractivity contribution in [3.63, 3.8) is 0 Å². The van der Waals surface area contributed by atoms with Crippen molar-refractivity contribution >= 4 is 16.0 Å². The molecule has 166 valence electrons. The predicted molar refractivity (Wildman–Crippen MR) is 122 cm³/mol. The van der Waals surface area contributed by atoms with E-state index in [1.807, 2.05) is 50.0 Å². The van der Waals surface area contributed by atoms with Crippen LogP contribution in [0.3, 0.4) is 0 Å². The summed E-state index contributed by atoms with van der Waals surface area (Å²) in [7, 11) is 2.12. The van der Waals surface area contributed by atoms with Crippen molar-refractivity contribution in [1.29, 1.82) is 0 Å². The average molecular weight is 435 g/mol. The van der Waals surface area contributed by atoms with Gasteiger partial charge in [-0.1, -0.05) is 38.1 Å². The molecular formula is C21H34N6O2S. The molecule has 0 spiro atoms. The normalized spacial score (nSPS) is 12.4. The van der Waals surface area contributed by atoms with E-state index in [1.165, 1.54) is 12.6 Å². The number of sulfonamides is 1. The molecule has 8 nitrogen and oxygen atoms in total. The van der Waals surface area contributed by atoms with Gasteiger partial charge in [0.15, 0.2) is 5.96 Å². The van der Waals surface area contributed by atoms with E-state index in [-0.39, 0.29) is 5.75 Å². The summed E-state index contributed by atoms with van der Waals surface area (Å²) in [5.74, 6) is 1.15. The van der Waals surface area contributed by atoms with Gasteiger partial charge in [0.2, 0.25) is 10.0 Å². The lowest BCUT2D eigenvalue weighted by molar-refractivity contribution is 0.473. The van der Waals surface area contributed by atoms with Crippen LogP contribution in [-0.4, -0.2) is 49.7 Å². The maximum atomic E-state index is 11.7. The molecule has 1 aromatic carbocycles. The van der Waals surface area contributed by atoms with E-state index in [1.54, 1.807) is 0 Å². The smallest absolute Gasteiger partial charge is 0.215 e. The van der Waals surface area contributed by atoms with Crippen molar-refractivity contribution < 1.29 is 8.42 Å². The summed E-state index contributed by atoms with van der Waals surface area (Å²) >= 11 is 0. The first-order chi connectivity index (χ1) is 14.1. The number of aryl methyl sites for hydroxylation is 1. The fraction of sp³-hybridized carbons (Fsp3) is 0.524. The summed E-state index contributed by atoms with van der Waals surface area (Å²) in [6.07, 6.45) is 2.06. The molecule has 0 saturated carbocycles. The third-order valence-electron chi connectivity index (χ3n) is 4.69. The minimum absolute atomic E-state index is 0.0261. The van der Waals surface area contributed by atoms with E-state index in [4.69, 9.17) is 4.99 Å². The maximum Gasteiger partial charge on any atom is 0.215 e. The maximum absolute atomic E-state index is 11.7. The van der Waals surface area contributed by atoms with Crippen LogP contribution in [0, 0.1) is 0 Å². The molecule has 2 rings (SSSR count). The predicted octanol–water partition coefficient (Wildman–Crippen LogP) is 2.19. The number of aliphatic imine (C=N–C) groups is 1. The van der Waals surface area contributed by atoms with Crippen LogP contribution in [0.25, 0.3) is 0 Å². The standard InChI is InChI=1S/C21H34N6O2S/c1-7-23-21(26(5)13-19-14-27(6)25-20(19)16(2)3)24-12-17-8-10-18(11-9-17)15-30(28,29)22-4/h8-11,14,16,22H,7,12-13,15H2,1-6H3,(H,23,24). The molecule has 0 aliphatic heterocycles. The molecule has 0 aliphatic carbocycles. The highest BCUT2D eigenvalue weighted by Crippen LogP contribution is 2.18. The number of aromatic nitrogens is 2. The Morgan fingerprint density at radius 1 is 1.23 bits per heavy atom. The second kappa shape index (κ2) is 10.6. The molecule has 0 radical (unpaired) electrons. The first-order valence-corrected chi connectivity index (χ1v) is 11.8. The molecule has 0 fully saturated rings. The number of benzene rings is 1. The van der Waals surface area contributed by atoms with E-state index in [2.05, 4.69) is 40.1 Å². The van der Waals surface area contributed by atoms with Crippen LogP contribution in [-0.2, 0) is 35.9 Å². The monoisotopic (exact) mass is 434 g/mol. The Morgan fingerprint density at radius 3 is 2.43 bits per heavy atom. The largest absolute Gasteiger partial charge is 0.357 e. The molecule has 0 atom stereocenters. The Balaban J connectivity index is 2.10. The van der Waals surface area contributed by atoms with Crippen molar-refractivity contribution in [3.05, 3.63) is 52.8 Å². The third kappa shape index (κ3) is 6.84. The van der Waals surface area contributed by atoms with Crippen LogP contribution in [0.2, 0.25) is 0 Å². The van der Waals surface area contributed by atoms with E-state index in [9.17, 15) is 8.42 Å². The SMILES string of the molecule is CCNC(=NCc1ccc(CS(=O)(=O)NC)cc1)N(C)Cc1cn(C)nc1C(C)C. The van der Waals surface area contributed by atoms with Gasteiger partial charge in [-0.05, 0) is 31.0 Å². The molecule has 1 aromatic heterocycles. The number of guanidine groups is 1. The van der Waals surface area contributed by atoms with Gasteiger partial charge in [-0.25, -0.2) is 18.1 Å². The highest BCUT2D eigenvalue weighted by molar-refractivity contribution is 7.88. The number of nitrogens with one attached hydrogen (secondary N) is 2. The topological polar surface area (TPSA) is 91.6 Å². The van der Waals surface area contributed by atoms with Crippen molar-refractivity contribution in [1.82, 2.24) is 24.7 Å². The minimum Gasteiger partial charge on any atom is -0.357 e. The molecule has 30 heavy (non-hydrogen) atoms. The molecule has 2 N–H and O–H groups in total. The quantitative estimate of drug-likeness (QED) is 0.466. The van der Waals surface area contributed by atoms with Crippen LogP contribution < -0.4 is 10.0 Å². The molecule has 1 heterocycles. The highest BCUT2D eigenvalue weighted by atomic mass is 32.2. The molecule has 0 bridgehead atoms. The molecule has 0 unspecified atom stereocenters. The molecule has 2 aromatic rings. The van der Waals surface area contributed by atoms with Gasteiger partial charge in [0.1, 0.15) is 0 Å². The van der Waals surface area contributed by atoms with Crippen LogP contribution in [0.15, 0.2) is 35.5 Å². The van der Waals surface area contributed by atoms with Gasteiger partial charge < -0.3 is 10.2 Å². The summed E-state index contributed by atoms with van der Waals surface area (Å²) in [5, 5.41) is 7.92. The fourth-order valence-corrected chi connectivity index (χ4v) is 3.94. The minimum atomic E-state index is -3.27. The van der Waals surface area contributed by atoms with Gasteiger partial charge in [-0.2, -0.15) is 5.10 Å². The molecule has 0 aliphatic rings. The van der Waals surface area contributed by atoms with Crippen LogP contribution in [0.1, 0.15) is 49.1 Å². The van der Waals surface area contributed by atoms with Gasteiger partial charge in [-0.15, -0.1) is 0 Å². The Morgan fingerprint density at radius 2 is 1.87 bits per heavy atom. The summed E-state index contributed by atoms with van der Waals surface area (Å²) < 4.78 is 27.6. The number of rotatable bonds is 9. The lowest BCUT2D eigenvalue weighted by Crippen LogP contribution is -2.38. The van der Waals surface area contributed by atoms with Crippen LogP contribution >= 0.6 is 0 Å². The number of nitrogens with zero attached hydrogens (tertiary/aromatic N) is 4. The van der Waals surface area contributed by atoms with Crippen molar-refractivity contribution in [2.45, 2.75) is 45.5 Å². The van der Waals surface area contributed by atoms with Crippen LogP contribution in [0.4, 0.5) is 0 Å². The van der Waals surface area contributed by atoms with E-state index >= 15 is 0 Å². The Labute approximate surface area is 180 Å². The Hall–Kier alpha value is -2.39. The summed E-state index contributed by atoms with van der Waals surface area (Å²) in [6.45, 7) is 8.34. The first kappa shape index (κ1) is 23.9. The Kier molecular flexibility index (Phi) is 8.43. The zero-order valence-corrected chi connectivity index (χ0v) is 19.6. The van der Waals surface area contributed by atoms with Crippen LogP contribution in [0.5, 0.6) is 0 Å². The molecular weight excluding hydrogens is 400 g/mol. The lowest BCUT2D eigenvalue weighted by Gasteiger charge is -2.22. The zero-order valence-electron chi connectivity index (χ0n) is 18.8. The summed E-state index contributed by atoms with van der Waals surface area (Å²) in [5.41, 5.74) is 4.07. The van der Waals surface area contributed by atoms with Gasteiger partial charge >= 0.3 is 0 Å². The van der Waals surface area contributed by atoms with Gasteiger partial charge in [0, 0.05) is 38.9 Å². The second-order valence-corrected chi connectivity index (χ2v) is 9.60. The van der Waals surface area contributed by atoms with Crippen molar-refractivity contribution in [2.75, 3.05) is 20.6 Å². The highest BCUT2D eigenvalue weighted by Gasteiger charge is 2.15. The Bertz CT molecular complexity index is 948. The van der Waals surface area contributed by atoms with Crippen molar-refractivity contribution in [3.8, 4) is 0 Å². The van der Waals surface area contributed by atoms with Crippen molar-refractivity contribution in [2.24, 2.45) is 12.0 Å². The fourth-order valence-electron chi connectivity index (χ4n) is 3.16. The molecule has 0 saturated heterocycles. The van der Waals surface area contributed by atoms with E-state index < -0.39 is 10.0 Å². The number of hydrogen-bond acceptors (Lipinski definition) is 4. The van der Waals surface area contributed by atoms with E-state index in [0.29, 0.717) is 19.0 Å². The second-order valence-electron chi connectivity index (χ2n) is 7.67. The van der Waals surface area contributed by atoms with E-state index in [0.717, 1.165) is 29.3 Å². The lowest BCUT2D eigenvalue weighted by atomic mass is 10.1. The van der Waals surface area contributed by atoms with Gasteiger partial charge in [0.05, 0.1) is 18.0 Å².